The highest BCUT2D eigenvalue weighted by atomic mass is 19.1. The molecular weight excluding hydrogens is 263 g/mol. The molecule has 1 heterocycles. The highest BCUT2D eigenvalue weighted by Gasteiger charge is 2.11. The minimum absolute atomic E-state index is 0.0306. The Kier molecular flexibility index (Phi) is 3.91. The first-order valence-corrected chi connectivity index (χ1v) is 5.60. The number of aromatic carboxylic acids is 1. The molecule has 0 radical (unpaired) electrons. The standard InChI is InChI=1S/C14H9FN2O3/c15-11-4-9(6-16)3-10(5-11)8-20-13-7-17-2-1-12(13)14(18)19/h1-5,7H,8H2,(H,18,19). The smallest absolute Gasteiger partial charge is 0.339 e. The van der Waals surface area contributed by atoms with Gasteiger partial charge in [0.25, 0.3) is 0 Å². The minimum atomic E-state index is -1.14. The molecule has 1 aromatic carbocycles. The van der Waals surface area contributed by atoms with Crippen LogP contribution in [0, 0.1) is 17.1 Å². The molecular formula is C14H9FN2O3. The number of rotatable bonds is 4. The number of hydrogen-bond donors (Lipinski definition) is 1. The number of nitriles is 1. The van der Waals surface area contributed by atoms with Gasteiger partial charge in [-0.15, -0.1) is 0 Å². The van der Waals surface area contributed by atoms with Crippen LogP contribution in [0.1, 0.15) is 21.5 Å². The zero-order valence-corrected chi connectivity index (χ0v) is 10.2. The van der Waals surface area contributed by atoms with Crippen molar-refractivity contribution < 1.29 is 19.0 Å². The molecule has 2 aromatic rings. The number of ether oxygens (including phenoxy) is 1. The first kappa shape index (κ1) is 13.5. The van der Waals surface area contributed by atoms with Gasteiger partial charge in [0, 0.05) is 6.20 Å². The topological polar surface area (TPSA) is 83.2 Å². The van der Waals surface area contributed by atoms with Crippen molar-refractivity contribution >= 4 is 5.97 Å². The average molecular weight is 272 g/mol. The second-order valence-electron chi connectivity index (χ2n) is 3.93. The quantitative estimate of drug-likeness (QED) is 0.923. The molecule has 0 aliphatic carbocycles. The molecule has 0 unspecified atom stereocenters. The molecule has 20 heavy (non-hydrogen) atoms. The van der Waals surface area contributed by atoms with Crippen LogP contribution >= 0.6 is 0 Å². The third-order valence-corrected chi connectivity index (χ3v) is 2.50. The van der Waals surface area contributed by atoms with Crippen molar-refractivity contribution in [3.63, 3.8) is 0 Å². The van der Waals surface area contributed by atoms with E-state index in [1.807, 2.05) is 6.07 Å². The van der Waals surface area contributed by atoms with Gasteiger partial charge in [-0.3, -0.25) is 4.98 Å². The largest absolute Gasteiger partial charge is 0.486 e. The van der Waals surface area contributed by atoms with Gasteiger partial charge in [0.2, 0.25) is 0 Å². The van der Waals surface area contributed by atoms with Crippen LogP contribution in [0.15, 0.2) is 36.7 Å². The van der Waals surface area contributed by atoms with E-state index in [1.165, 1.54) is 30.6 Å². The summed E-state index contributed by atoms with van der Waals surface area (Å²) >= 11 is 0. The number of pyridine rings is 1. The molecule has 0 amide bonds. The molecule has 0 aliphatic heterocycles. The molecule has 1 aromatic heterocycles. The zero-order valence-electron chi connectivity index (χ0n) is 10.2. The highest BCUT2D eigenvalue weighted by molar-refractivity contribution is 5.90. The van der Waals surface area contributed by atoms with Crippen LogP contribution in [-0.4, -0.2) is 16.1 Å². The molecule has 0 atom stereocenters. The normalized spacial score (nSPS) is 9.80. The van der Waals surface area contributed by atoms with Crippen molar-refractivity contribution in [3.8, 4) is 11.8 Å². The second kappa shape index (κ2) is 5.80. The number of hydrogen-bond acceptors (Lipinski definition) is 4. The van der Waals surface area contributed by atoms with Crippen molar-refractivity contribution in [2.45, 2.75) is 6.61 Å². The third-order valence-electron chi connectivity index (χ3n) is 2.50. The van der Waals surface area contributed by atoms with Crippen molar-refractivity contribution in [2.24, 2.45) is 0 Å². The Morgan fingerprint density at radius 1 is 1.45 bits per heavy atom. The highest BCUT2D eigenvalue weighted by Crippen LogP contribution is 2.18. The molecule has 6 heteroatoms. The second-order valence-corrected chi connectivity index (χ2v) is 3.93. The summed E-state index contributed by atoms with van der Waals surface area (Å²) in [6.07, 6.45) is 2.61. The lowest BCUT2D eigenvalue weighted by atomic mass is 10.1. The maximum atomic E-state index is 13.2. The fraction of sp³-hybridized carbons (Fsp3) is 0.0714. The maximum absolute atomic E-state index is 13.2. The Morgan fingerprint density at radius 2 is 2.25 bits per heavy atom. The van der Waals surface area contributed by atoms with E-state index in [9.17, 15) is 9.18 Å². The summed E-state index contributed by atoms with van der Waals surface area (Å²) in [6.45, 7) is -0.0571. The lowest BCUT2D eigenvalue weighted by Crippen LogP contribution is -2.04. The molecule has 0 saturated carbocycles. The fourth-order valence-electron chi connectivity index (χ4n) is 1.63. The molecule has 5 nitrogen and oxygen atoms in total. The Bertz CT molecular complexity index is 695. The van der Waals surface area contributed by atoms with Gasteiger partial charge in [-0.05, 0) is 29.8 Å². The van der Waals surface area contributed by atoms with Crippen LogP contribution in [-0.2, 0) is 6.61 Å². The molecule has 0 spiro atoms. The molecule has 0 fully saturated rings. The number of carbonyl (C=O) groups is 1. The van der Waals surface area contributed by atoms with E-state index in [0.29, 0.717) is 5.56 Å². The number of benzene rings is 1. The molecule has 0 saturated heterocycles. The summed E-state index contributed by atoms with van der Waals surface area (Å²) in [7, 11) is 0. The van der Waals surface area contributed by atoms with Gasteiger partial charge in [-0.1, -0.05) is 0 Å². The Balaban J connectivity index is 2.19. The maximum Gasteiger partial charge on any atom is 0.339 e. The van der Waals surface area contributed by atoms with E-state index < -0.39 is 11.8 Å². The van der Waals surface area contributed by atoms with Gasteiger partial charge in [-0.25, -0.2) is 9.18 Å². The van der Waals surface area contributed by atoms with E-state index in [4.69, 9.17) is 15.1 Å². The minimum Gasteiger partial charge on any atom is -0.486 e. The predicted molar refractivity (Wildman–Crippen MR) is 66.6 cm³/mol. The Hall–Kier alpha value is -2.94. The zero-order chi connectivity index (χ0) is 14.5. The SMILES string of the molecule is N#Cc1cc(F)cc(COc2cnccc2C(=O)O)c1. The van der Waals surface area contributed by atoms with E-state index >= 15 is 0 Å². The first-order valence-electron chi connectivity index (χ1n) is 5.60. The van der Waals surface area contributed by atoms with Gasteiger partial charge < -0.3 is 9.84 Å². The lowest BCUT2D eigenvalue weighted by Gasteiger charge is -2.08. The monoisotopic (exact) mass is 272 g/mol. The van der Waals surface area contributed by atoms with Gasteiger partial charge in [0.15, 0.2) is 5.75 Å². The van der Waals surface area contributed by atoms with Crippen LogP contribution < -0.4 is 4.74 Å². The summed E-state index contributed by atoms with van der Waals surface area (Å²) in [5, 5.41) is 17.7. The molecule has 2 rings (SSSR count). The van der Waals surface area contributed by atoms with E-state index in [0.717, 1.165) is 6.07 Å². The predicted octanol–water partition coefficient (Wildman–Crippen LogP) is 2.37. The average Bonchev–Trinajstić information content (AvgIpc) is 2.44. The summed E-state index contributed by atoms with van der Waals surface area (Å²) < 4.78 is 18.6. The van der Waals surface area contributed by atoms with Crippen molar-refractivity contribution in [1.29, 1.82) is 5.26 Å². The van der Waals surface area contributed by atoms with Crippen LogP contribution in [0.5, 0.6) is 5.75 Å². The van der Waals surface area contributed by atoms with Crippen molar-refractivity contribution in [1.82, 2.24) is 4.98 Å². The van der Waals surface area contributed by atoms with Gasteiger partial charge in [0.05, 0.1) is 17.8 Å². The Labute approximate surface area is 113 Å². The van der Waals surface area contributed by atoms with Gasteiger partial charge in [0.1, 0.15) is 18.0 Å². The third kappa shape index (κ3) is 3.09. The molecule has 100 valence electrons. The number of carboxylic acid groups (broad SMARTS) is 1. The van der Waals surface area contributed by atoms with Gasteiger partial charge >= 0.3 is 5.97 Å². The van der Waals surface area contributed by atoms with Crippen LogP contribution in [0.2, 0.25) is 0 Å². The van der Waals surface area contributed by atoms with Crippen LogP contribution in [0.3, 0.4) is 0 Å². The fourth-order valence-corrected chi connectivity index (χ4v) is 1.63. The van der Waals surface area contributed by atoms with Gasteiger partial charge in [-0.2, -0.15) is 5.26 Å². The molecule has 0 aliphatic rings. The van der Waals surface area contributed by atoms with Crippen LogP contribution in [0.25, 0.3) is 0 Å². The summed E-state index contributed by atoms with van der Waals surface area (Å²) in [4.78, 5) is 14.8. The summed E-state index contributed by atoms with van der Waals surface area (Å²) in [5.41, 5.74) is 0.576. The summed E-state index contributed by atoms with van der Waals surface area (Å²) in [6, 6.07) is 6.94. The van der Waals surface area contributed by atoms with Crippen LogP contribution in [0.4, 0.5) is 4.39 Å². The van der Waals surface area contributed by atoms with E-state index in [-0.39, 0.29) is 23.5 Å². The molecule has 0 bridgehead atoms. The number of halogens is 1. The van der Waals surface area contributed by atoms with Crippen molar-refractivity contribution in [3.05, 3.63) is 59.2 Å². The number of nitrogens with zero attached hydrogens (tertiary/aromatic N) is 2. The van der Waals surface area contributed by atoms with E-state index in [2.05, 4.69) is 4.98 Å². The first-order chi connectivity index (χ1) is 9.60. The summed E-state index contributed by atoms with van der Waals surface area (Å²) in [5.74, 6) is -1.60. The Morgan fingerprint density at radius 3 is 2.95 bits per heavy atom. The number of carboxylic acids is 1. The van der Waals surface area contributed by atoms with E-state index in [1.54, 1.807) is 0 Å². The van der Waals surface area contributed by atoms with Crippen molar-refractivity contribution in [2.75, 3.05) is 0 Å². The molecule has 1 N–H and O–H groups in total. The number of aromatic nitrogens is 1. The lowest BCUT2D eigenvalue weighted by molar-refractivity contribution is 0.0691.